The van der Waals surface area contributed by atoms with Crippen LogP contribution in [0.15, 0.2) is 23.2 Å². The highest BCUT2D eigenvalue weighted by atomic mass is 35.5. The van der Waals surface area contributed by atoms with Gasteiger partial charge in [-0.2, -0.15) is 0 Å². The number of nitrogens with zero attached hydrogens (tertiary/aromatic N) is 3. The molecule has 1 aromatic carbocycles. The predicted octanol–water partition coefficient (Wildman–Crippen LogP) is 4.84. The monoisotopic (exact) mass is 509 g/mol. The summed E-state index contributed by atoms with van der Waals surface area (Å²) in [7, 11) is 0. The molecule has 0 atom stereocenters. The summed E-state index contributed by atoms with van der Waals surface area (Å²) in [6, 6.07) is 6.34. The first-order valence-electron chi connectivity index (χ1n) is 13.1. The largest absolute Gasteiger partial charge is 0.395 e. The first kappa shape index (κ1) is 26.0. The molecule has 1 aromatic rings. The highest BCUT2D eigenvalue weighted by Gasteiger charge is 2.27. The SMILES string of the molecule is NC1CCC(CC2CCC(N=C(Nc3ccc(Cl)cc3Cl)N3CCN(CCO)CC3)CC2)CC1. The second kappa shape index (κ2) is 12.8. The number of rotatable bonds is 6. The molecule has 8 heteroatoms. The zero-order valence-corrected chi connectivity index (χ0v) is 21.8. The number of halogens is 2. The van der Waals surface area contributed by atoms with Gasteiger partial charge < -0.3 is 21.1 Å². The third kappa shape index (κ3) is 7.47. The molecule has 190 valence electrons. The lowest BCUT2D eigenvalue weighted by atomic mass is 9.76. The second-order valence-electron chi connectivity index (χ2n) is 10.4. The van der Waals surface area contributed by atoms with E-state index >= 15 is 0 Å². The first-order chi connectivity index (χ1) is 16.5. The van der Waals surface area contributed by atoms with Crippen molar-refractivity contribution in [1.29, 1.82) is 0 Å². The van der Waals surface area contributed by atoms with E-state index in [1.165, 1.54) is 44.9 Å². The Morgan fingerprint density at radius 1 is 0.971 bits per heavy atom. The van der Waals surface area contributed by atoms with E-state index in [1.54, 1.807) is 6.07 Å². The molecule has 2 saturated carbocycles. The third-order valence-corrected chi connectivity index (χ3v) is 8.49. The number of nitrogens with one attached hydrogen (secondary N) is 1. The number of piperazine rings is 1. The number of guanidine groups is 1. The van der Waals surface area contributed by atoms with Crippen molar-refractivity contribution < 1.29 is 5.11 Å². The van der Waals surface area contributed by atoms with Gasteiger partial charge in [-0.3, -0.25) is 4.90 Å². The molecule has 1 aliphatic heterocycles. The first-order valence-corrected chi connectivity index (χ1v) is 13.9. The lowest BCUT2D eigenvalue weighted by Gasteiger charge is -2.37. The summed E-state index contributed by atoms with van der Waals surface area (Å²) in [6.07, 6.45) is 11.3. The molecule has 1 heterocycles. The smallest absolute Gasteiger partial charge is 0.198 e. The van der Waals surface area contributed by atoms with Crippen molar-refractivity contribution in [2.45, 2.75) is 69.9 Å². The van der Waals surface area contributed by atoms with Crippen LogP contribution in [0.4, 0.5) is 5.69 Å². The average molecular weight is 511 g/mol. The molecular formula is C26H41Cl2N5O. The Hall–Kier alpha value is -1.05. The van der Waals surface area contributed by atoms with Gasteiger partial charge in [0.1, 0.15) is 0 Å². The molecule has 4 N–H and O–H groups in total. The van der Waals surface area contributed by atoms with Gasteiger partial charge in [0, 0.05) is 43.8 Å². The van der Waals surface area contributed by atoms with Gasteiger partial charge in [-0.05, 0) is 87.8 Å². The van der Waals surface area contributed by atoms with E-state index in [0.717, 1.165) is 69.0 Å². The molecule has 0 aromatic heterocycles. The highest BCUT2D eigenvalue weighted by molar-refractivity contribution is 6.36. The van der Waals surface area contributed by atoms with Gasteiger partial charge in [0.2, 0.25) is 0 Å². The van der Waals surface area contributed by atoms with Crippen LogP contribution in [0.1, 0.15) is 57.8 Å². The van der Waals surface area contributed by atoms with Crippen molar-refractivity contribution in [2.75, 3.05) is 44.6 Å². The Morgan fingerprint density at radius 3 is 2.24 bits per heavy atom. The second-order valence-corrected chi connectivity index (χ2v) is 11.3. The number of nitrogens with two attached hydrogens (primary N) is 1. The van der Waals surface area contributed by atoms with E-state index in [0.29, 0.717) is 22.1 Å². The van der Waals surface area contributed by atoms with Crippen LogP contribution in [0.25, 0.3) is 0 Å². The van der Waals surface area contributed by atoms with Crippen molar-refractivity contribution in [3.8, 4) is 0 Å². The minimum atomic E-state index is 0.205. The van der Waals surface area contributed by atoms with Crippen LogP contribution in [0.2, 0.25) is 10.0 Å². The van der Waals surface area contributed by atoms with Crippen LogP contribution < -0.4 is 11.1 Å². The van der Waals surface area contributed by atoms with Crippen LogP contribution in [-0.2, 0) is 0 Å². The Bertz CT molecular complexity index is 798. The van der Waals surface area contributed by atoms with Crippen molar-refractivity contribution >= 4 is 34.8 Å². The summed E-state index contributed by atoms with van der Waals surface area (Å²) in [4.78, 5) is 9.86. The molecule has 4 rings (SSSR count). The van der Waals surface area contributed by atoms with Crippen LogP contribution in [0.3, 0.4) is 0 Å². The average Bonchev–Trinajstić information content (AvgIpc) is 2.84. The molecule has 34 heavy (non-hydrogen) atoms. The number of hydrogen-bond donors (Lipinski definition) is 3. The Labute approximate surface area is 214 Å². The quantitative estimate of drug-likeness (QED) is 0.377. The van der Waals surface area contributed by atoms with E-state index in [1.807, 2.05) is 12.1 Å². The van der Waals surface area contributed by atoms with Crippen molar-refractivity contribution in [3.63, 3.8) is 0 Å². The topological polar surface area (TPSA) is 77.1 Å². The van der Waals surface area contributed by atoms with E-state index in [-0.39, 0.29) is 6.61 Å². The maximum Gasteiger partial charge on any atom is 0.198 e. The molecule has 3 aliphatic rings. The van der Waals surface area contributed by atoms with E-state index in [2.05, 4.69) is 15.1 Å². The standard InChI is InChI=1S/C26H41Cl2N5O/c27-21-5-10-25(24(28)18-21)31-26(33-13-11-32(12-14-33)15-16-34)30-23-8-3-20(4-9-23)17-19-1-6-22(29)7-2-19/h5,10,18-20,22-23,34H,1-4,6-9,11-17,29H2,(H,30,31). The van der Waals surface area contributed by atoms with Gasteiger partial charge in [0.05, 0.1) is 23.4 Å². The van der Waals surface area contributed by atoms with E-state index in [9.17, 15) is 5.11 Å². The molecule has 0 unspecified atom stereocenters. The lowest BCUT2D eigenvalue weighted by molar-refractivity contribution is 0.146. The summed E-state index contributed by atoms with van der Waals surface area (Å²) in [5.41, 5.74) is 6.94. The zero-order chi connectivity index (χ0) is 23.9. The number of aliphatic hydroxyl groups excluding tert-OH is 1. The fourth-order valence-corrected chi connectivity index (χ4v) is 6.26. The van der Waals surface area contributed by atoms with Crippen LogP contribution in [0, 0.1) is 11.8 Å². The van der Waals surface area contributed by atoms with Crippen LogP contribution in [0.5, 0.6) is 0 Å². The number of aliphatic imine (C=N–C) groups is 1. The molecule has 6 nitrogen and oxygen atoms in total. The minimum absolute atomic E-state index is 0.205. The third-order valence-electron chi connectivity index (χ3n) is 7.94. The maximum absolute atomic E-state index is 9.27. The zero-order valence-electron chi connectivity index (χ0n) is 20.3. The highest BCUT2D eigenvalue weighted by Crippen LogP contribution is 2.36. The van der Waals surface area contributed by atoms with Gasteiger partial charge in [-0.15, -0.1) is 0 Å². The van der Waals surface area contributed by atoms with Crippen molar-refractivity contribution in [2.24, 2.45) is 22.6 Å². The summed E-state index contributed by atoms with van der Waals surface area (Å²) in [5.74, 6) is 2.64. The summed E-state index contributed by atoms with van der Waals surface area (Å²) < 4.78 is 0. The van der Waals surface area contributed by atoms with Gasteiger partial charge in [0.25, 0.3) is 0 Å². The lowest BCUT2D eigenvalue weighted by Crippen LogP contribution is -2.51. The molecule has 0 amide bonds. The van der Waals surface area contributed by atoms with Crippen LogP contribution >= 0.6 is 23.2 Å². The molecule has 3 fully saturated rings. The number of benzene rings is 1. The number of anilines is 1. The van der Waals surface area contributed by atoms with Crippen molar-refractivity contribution in [1.82, 2.24) is 9.80 Å². The molecule has 0 spiro atoms. The maximum atomic E-state index is 9.27. The Kier molecular flexibility index (Phi) is 9.78. The van der Waals surface area contributed by atoms with Crippen molar-refractivity contribution in [3.05, 3.63) is 28.2 Å². The molecule has 1 saturated heterocycles. The Balaban J connectivity index is 1.37. The number of hydrogen-bond acceptors (Lipinski definition) is 4. The molecular weight excluding hydrogens is 469 g/mol. The van der Waals surface area contributed by atoms with Crippen LogP contribution in [-0.4, -0.2) is 72.3 Å². The fourth-order valence-electron chi connectivity index (χ4n) is 5.81. The fraction of sp³-hybridized carbons (Fsp3) is 0.731. The minimum Gasteiger partial charge on any atom is -0.395 e. The van der Waals surface area contributed by atoms with Gasteiger partial charge in [-0.1, -0.05) is 23.2 Å². The number of β-amino-alcohol motifs (C(OH)–C–C–N with tert-alkyl or cyclic N) is 1. The number of aliphatic hydroxyl groups is 1. The van der Waals surface area contributed by atoms with E-state index in [4.69, 9.17) is 33.9 Å². The predicted molar refractivity (Wildman–Crippen MR) is 143 cm³/mol. The normalized spacial score (nSPS) is 29.3. The van der Waals surface area contributed by atoms with E-state index < -0.39 is 0 Å². The molecule has 0 radical (unpaired) electrons. The van der Waals surface area contributed by atoms with Gasteiger partial charge in [-0.25, -0.2) is 4.99 Å². The van der Waals surface area contributed by atoms with Gasteiger partial charge in [0.15, 0.2) is 5.96 Å². The Morgan fingerprint density at radius 2 is 1.62 bits per heavy atom. The summed E-state index contributed by atoms with van der Waals surface area (Å²) in [5, 5.41) is 14.0. The summed E-state index contributed by atoms with van der Waals surface area (Å²) >= 11 is 12.6. The molecule has 0 bridgehead atoms. The molecule has 2 aliphatic carbocycles. The van der Waals surface area contributed by atoms with Gasteiger partial charge >= 0.3 is 0 Å². The summed E-state index contributed by atoms with van der Waals surface area (Å²) in [6.45, 7) is 4.55.